The molecule has 0 spiro atoms. The number of benzene rings is 1. The van der Waals surface area contributed by atoms with E-state index >= 15 is 0 Å². The van der Waals surface area contributed by atoms with Crippen molar-refractivity contribution in [2.45, 2.75) is 25.5 Å². The van der Waals surface area contributed by atoms with Gasteiger partial charge in [0, 0.05) is 13.0 Å². The molecule has 110 valence electrons. The second-order valence-corrected chi connectivity index (χ2v) is 4.25. The van der Waals surface area contributed by atoms with E-state index in [1.807, 2.05) is 30.3 Å². The molecule has 0 radical (unpaired) electrons. The van der Waals surface area contributed by atoms with Crippen molar-refractivity contribution >= 4 is 11.9 Å². The molecule has 0 aliphatic rings. The maximum absolute atomic E-state index is 12.3. The smallest absolute Gasteiger partial charge is 0.328 e. The van der Waals surface area contributed by atoms with Crippen LogP contribution in [-0.2, 0) is 20.9 Å². The highest BCUT2D eigenvalue weighted by Crippen LogP contribution is 2.01. The van der Waals surface area contributed by atoms with Gasteiger partial charge < -0.3 is 15.2 Å². The van der Waals surface area contributed by atoms with Crippen LogP contribution in [0.3, 0.4) is 0 Å². The Hall–Kier alpha value is -1.95. The Morgan fingerprint density at radius 1 is 1.30 bits per heavy atom. The van der Waals surface area contributed by atoms with Crippen molar-refractivity contribution < 1.29 is 23.8 Å². The van der Waals surface area contributed by atoms with Crippen LogP contribution in [0.4, 0.5) is 4.39 Å². The molecule has 0 fully saturated rings. The number of carbonyl (C=O) groups excluding carboxylic acids is 1. The normalized spacial score (nSPS) is 11.8. The van der Waals surface area contributed by atoms with Gasteiger partial charge in [-0.2, -0.15) is 0 Å². The zero-order valence-electron chi connectivity index (χ0n) is 11.0. The van der Waals surface area contributed by atoms with Crippen molar-refractivity contribution in [3.63, 3.8) is 0 Å². The highest BCUT2D eigenvalue weighted by Gasteiger charge is 2.18. The molecule has 0 aliphatic carbocycles. The number of carbonyl (C=O) groups is 2. The summed E-state index contributed by atoms with van der Waals surface area (Å²) in [7, 11) is 0. The minimum atomic E-state index is -1.47. The first kappa shape index (κ1) is 16.1. The van der Waals surface area contributed by atoms with Gasteiger partial charge in [-0.25, -0.2) is 9.18 Å². The molecule has 1 amide bonds. The third kappa shape index (κ3) is 6.29. The van der Waals surface area contributed by atoms with E-state index in [0.717, 1.165) is 5.56 Å². The lowest BCUT2D eigenvalue weighted by molar-refractivity contribution is -0.142. The first-order chi connectivity index (χ1) is 9.63. The lowest BCUT2D eigenvalue weighted by atomic mass is 10.2. The Morgan fingerprint density at radius 3 is 2.60 bits per heavy atom. The molecule has 6 heteroatoms. The van der Waals surface area contributed by atoms with E-state index in [9.17, 15) is 14.0 Å². The summed E-state index contributed by atoms with van der Waals surface area (Å²) >= 11 is 0. The number of hydrogen-bond acceptors (Lipinski definition) is 3. The van der Waals surface area contributed by atoms with Crippen molar-refractivity contribution in [1.82, 2.24) is 5.32 Å². The minimum absolute atomic E-state index is 0.110. The average molecular weight is 283 g/mol. The second-order valence-electron chi connectivity index (χ2n) is 4.25. The average Bonchev–Trinajstić information content (AvgIpc) is 2.45. The number of amides is 1. The molecule has 0 saturated heterocycles. The molecule has 0 aromatic heterocycles. The molecule has 0 bridgehead atoms. The monoisotopic (exact) mass is 283 g/mol. The molecule has 1 atom stereocenters. The maximum atomic E-state index is 12.3. The van der Waals surface area contributed by atoms with Gasteiger partial charge in [0.05, 0.1) is 6.61 Å². The number of nitrogens with one attached hydrogen (secondary N) is 1. The third-order valence-corrected chi connectivity index (χ3v) is 2.59. The summed E-state index contributed by atoms with van der Waals surface area (Å²) in [6.45, 7) is -0.272. The fraction of sp³-hybridized carbons (Fsp3) is 0.429. The lowest BCUT2D eigenvalue weighted by Gasteiger charge is -2.10. The highest BCUT2D eigenvalue weighted by atomic mass is 19.1. The van der Waals surface area contributed by atoms with E-state index in [2.05, 4.69) is 5.32 Å². The summed E-state index contributed by atoms with van der Waals surface area (Å²) < 4.78 is 17.7. The predicted octanol–water partition coefficient (Wildman–Crippen LogP) is 1.52. The number of carboxylic acid groups (broad SMARTS) is 1. The fourth-order valence-corrected chi connectivity index (χ4v) is 1.53. The highest BCUT2D eigenvalue weighted by molar-refractivity contribution is 5.83. The van der Waals surface area contributed by atoms with Crippen molar-refractivity contribution in [1.29, 1.82) is 0 Å². The Bertz CT molecular complexity index is 424. The zero-order valence-corrected chi connectivity index (χ0v) is 11.0. The van der Waals surface area contributed by atoms with Gasteiger partial charge in [0.15, 0.2) is 6.04 Å². The van der Waals surface area contributed by atoms with Crippen molar-refractivity contribution in [2.75, 3.05) is 13.3 Å². The molecule has 2 N–H and O–H groups in total. The SMILES string of the molecule is O=C(CCCOCc1ccccc1)NC(CF)C(=O)O. The van der Waals surface area contributed by atoms with Gasteiger partial charge in [-0.15, -0.1) is 0 Å². The Morgan fingerprint density at radius 2 is 2.00 bits per heavy atom. The number of carboxylic acids is 1. The standard InChI is InChI=1S/C14H18FNO4/c15-9-12(14(18)19)16-13(17)7-4-8-20-10-11-5-2-1-3-6-11/h1-3,5-6,12H,4,7-10H2,(H,16,17)(H,18,19). The number of aliphatic carboxylic acids is 1. The van der Waals surface area contributed by atoms with E-state index in [0.29, 0.717) is 19.6 Å². The summed E-state index contributed by atoms with van der Waals surface area (Å²) in [4.78, 5) is 21.9. The molecule has 1 aromatic carbocycles. The number of hydrogen-bond donors (Lipinski definition) is 2. The molecule has 5 nitrogen and oxygen atoms in total. The molecule has 20 heavy (non-hydrogen) atoms. The van der Waals surface area contributed by atoms with Crippen LogP contribution in [0.2, 0.25) is 0 Å². The van der Waals surface area contributed by atoms with Gasteiger partial charge in [0.25, 0.3) is 0 Å². The molecule has 1 aromatic rings. The number of halogens is 1. The first-order valence-electron chi connectivity index (χ1n) is 6.33. The number of ether oxygens (including phenoxy) is 1. The maximum Gasteiger partial charge on any atom is 0.328 e. The quantitative estimate of drug-likeness (QED) is 0.674. The summed E-state index contributed by atoms with van der Waals surface area (Å²) in [5.74, 6) is -1.86. The summed E-state index contributed by atoms with van der Waals surface area (Å²) in [6, 6.07) is 8.14. The number of rotatable bonds is 9. The molecule has 1 rings (SSSR count). The van der Waals surface area contributed by atoms with Crippen LogP contribution in [0.1, 0.15) is 18.4 Å². The molecule has 0 aliphatic heterocycles. The van der Waals surface area contributed by atoms with Crippen LogP contribution in [0.5, 0.6) is 0 Å². The van der Waals surface area contributed by atoms with Gasteiger partial charge >= 0.3 is 5.97 Å². The van der Waals surface area contributed by atoms with E-state index in [4.69, 9.17) is 9.84 Å². The summed E-state index contributed by atoms with van der Waals surface area (Å²) in [6.07, 6.45) is 0.565. The zero-order chi connectivity index (χ0) is 14.8. The van der Waals surface area contributed by atoms with Crippen LogP contribution in [0.15, 0.2) is 30.3 Å². The van der Waals surface area contributed by atoms with Crippen LogP contribution in [-0.4, -0.2) is 36.3 Å². The Kier molecular flexibility index (Phi) is 7.27. The molecular formula is C14H18FNO4. The summed E-state index contributed by atoms with van der Waals surface area (Å²) in [5.41, 5.74) is 1.04. The van der Waals surface area contributed by atoms with Gasteiger partial charge in [-0.1, -0.05) is 30.3 Å². The van der Waals surface area contributed by atoms with Crippen LogP contribution >= 0.6 is 0 Å². The van der Waals surface area contributed by atoms with Gasteiger partial charge in [0.2, 0.25) is 5.91 Å². The van der Waals surface area contributed by atoms with Gasteiger partial charge in [0.1, 0.15) is 6.67 Å². The minimum Gasteiger partial charge on any atom is -0.480 e. The summed E-state index contributed by atoms with van der Waals surface area (Å²) in [5, 5.41) is 10.7. The van der Waals surface area contributed by atoms with Crippen molar-refractivity contribution in [2.24, 2.45) is 0 Å². The van der Waals surface area contributed by atoms with Crippen molar-refractivity contribution in [3.05, 3.63) is 35.9 Å². The topological polar surface area (TPSA) is 75.6 Å². The Balaban J connectivity index is 2.12. The Labute approximate surface area is 116 Å². The molecular weight excluding hydrogens is 265 g/mol. The van der Waals surface area contributed by atoms with Crippen LogP contribution in [0, 0.1) is 0 Å². The number of alkyl halides is 1. The van der Waals surface area contributed by atoms with Gasteiger partial charge in [-0.3, -0.25) is 4.79 Å². The third-order valence-electron chi connectivity index (χ3n) is 2.59. The van der Waals surface area contributed by atoms with Crippen LogP contribution in [0.25, 0.3) is 0 Å². The predicted molar refractivity (Wildman–Crippen MR) is 70.9 cm³/mol. The van der Waals surface area contributed by atoms with Crippen LogP contribution < -0.4 is 5.32 Å². The van der Waals surface area contributed by atoms with Crippen molar-refractivity contribution in [3.8, 4) is 0 Å². The second kappa shape index (κ2) is 9.03. The molecule has 0 heterocycles. The first-order valence-corrected chi connectivity index (χ1v) is 6.33. The fourth-order valence-electron chi connectivity index (χ4n) is 1.53. The largest absolute Gasteiger partial charge is 0.480 e. The van der Waals surface area contributed by atoms with E-state index in [1.54, 1.807) is 0 Å². The van der Waals surface area contributed by atoms with E-state index in [-0.39, 0.29) is 6.42 Å². The molecule has 1 unspecified atom stereocenters. The van der Waals surface area contributed by atoms with Gasteiger partial charge in [-0.05, 0) is 12.0 Å². The van der Waals surface area contributed by atoms with E-state index in [1.165, 1.54) is 0 Å². The van der Waals surface area contributed by atoms with E-state index < -0.39 is 24.6 Å². The molecule has 0 saturated carbocycles. The lowest BCUT2D eigenvalue weighted by Crippen LogP contribution is -2.42.